The first-order chi connectivity index (χ1) is 16.5. The van der Waals surface area contributed by atoms with Crippen LogP contribution in [0, 0.1) is 5.92 Å². The number of hydrogen-bond donors (Lipinski definition) is 1. The molecule has 0 aromatic heterocycles. The molecule has 0 amide bonds. The average Bonchev–Trinajstić information content (AvgIpc) is 2.89. The second-order valence-electron chi connectivity index (χ2n) is 10.3. The number of carbonyl (C=O) groups is 1. The maximum atomic E-state index is 12.8. The number of ketones is 1. The zero-order valence-corrected chi connectivity index (χ0v) is 20.5. The molecule has 0 unspecified atom stereocenters. The van der Waals surface area contributed by atoms with Gasteiger partial charge < -0.3 is 10.0 Å². The Morgan fingerprint density at radius 2 is 1.41 bits per heavy atom. The lowest BCUT2D eigenvalue weighted by Crippen LogP contribution is -2.37. The summed E-state index contributed by atoms with van der Waals surface area (Å²) < 4.78 is 0. The van der Waals surface area contributed by atoms with Crippen molar-refractivity contribution >= 4 is 5.78 Å². The SMILES string of the molecule is CC(C)(CO)c1ccc(C(=O)CCN2CCC(C(c3ccccc3)c3ccccc3)CC2)cc1. The van der Waals surface area contributed by atoms with E-state index in [1.54, 1.807) is 0 Å². The van der Waals surface area contributed by atoms with Gasteiger partial charge in [-0.25, -0.2) is 0 Å². The Balaban J connectivity index is 1.33. The quantitative estimate of drug-likeness (QED) is 0.398. The van der Waals surface area contributed by atoms with E-state index in [0.717, 1.165) is 43.6 Å². The first-order valence-electron chi connectivity index (χ1n) is 12.5. The fourth-order valence-corrected chi connectivity index (χ4v) is 5.17. The summed E-state index contributed by atoms with van der Waals surface area (Å²) >= 11 is 0. The number of nitrogens with zero attached hydrogens (tertiary/aromatic N) is 1. The first-order valence-corrected chi connectivity index (χ1v) is 12.5. The zero-order chi connectivity index (χ0) is 24.0. The highest BCUT2D eigenvalue weighted by atomic mass is 16.3. The van der Waals surface area contributed by atoms with E-state index in [1.807, 2.05) is 38.1 Å². The summed E-state index contributed by atoms with van der Waals surface area (Å²) in [5.41, 5.74) is 4.33. The van der Waals surface area contributed by atoms with E-state index >= 15 is 0 Å². The van der Waals surface area contributed by atoms with E-state index in [2.05, 4.69) is 65.6 Å². The van der Waals surface area contributed by atoms with Crippen molar-refractivity contribution in [3.63, 3.8) is 0 Å². The van der Waals surface area contributed by atoms with E-state index in [-0.39, 0.29) is 17.8 Å². The van der Waals surface area contributed by atoms with Crippen LogP contribution in [0.25, 0.3) is 0 Å². The van der Waals surface area contributed by atoms with Crippen molar-refractivity contribution in [1.29, 1.82) is 0 Å². The van der Waals surface area contributed by atoms with Crippen LogP contribution in [0.4, 0.5) is 0 Å². The van der Waals surface area contributed by atoms with Gasteiger partial charge in [0.05, 0.1) is 6.61 Å². The smallest absolute Gasteiger partial charge is 0.164 e. The molecule has 0 radical (unpaired) electrons. The van der Waals surface area contributed by atoms with Crippen molar-refractivity contribution in [3.05, 3.63) is 107 Å². The van der Waals surface area contributed by atoms with Crippen molar-refractivity contribution in [1.82, 2.24) is 4.90 Å². The lowest BCUT2D eigenvalue weighted by Gasteiger charge is -2.36. The molecule has 0 spiro atoms. The van der Waals surface area contributed by atoms with Crippen LogP contribution >= 0.6 is 0 Å². The normalized spacial score (nSPS) is 15.5. The molecule has 178 valence electrons. The number of hydrogen-bond acceptors (Lipinski definition) is 3. The molecular weight excluding hydrogens is 418 g/mol. The maximum Gasteiger partial charge on any atom is 0.164 e. The molecule has 0 atom stereocenters. The Morgan fingerprint density at radius 1 is 0.882 bits per heavy atom. The number of carbonyl (C=O) groups excluding carboxylic acids is 1. The Morgan fingerprint density at radius 3 is 1.91 bits per heavy atom. The minimum atomic E-state index is -0.288. The van der Waals surface area contributed by atoms with Crippen molar-refractivity contribution in [2.75, 3.05) is 26.2 Å². The molecule has 0 saturated carbocycles. The summed E-state index contributed by atoms with van der Waals surface area (Å²) in [6.07, 6.45) is 2.84. The third kappa shape index (κ3) is 5.84. The molecule has 1 saturated heterocycles. The van der Waals surface area contributed by atoms with Crippen LogP contribution in [0.15, 0.2) is 84.9 Å². The van der Waals surface area contributed by atoms with E-state index in [0.29, 0.717) is 18.3 Å². The third-order valence-corrected chi connectivity index (χ3v) is 7.46. The van der Waals surface area contributed by atoms with Crippen LogP contribution in [0.3, 0.4) is 0 Å². The number of rotatable bonds is 9. The van der Waals surface area contributed by atoms with Gasteiger partial charge in [0.25, 0.3) is 0 Å². The topological polar surface area (TPSA) is 40.5 Å². The van der Waals surface area contributed by atoms with Gasteiger partial charge in [-0.05, 0) is 48.5 Å². The first kappa shape index (κ1) is 24.4. The highest BCUT2D eigenvalue weighted by Gasteiger charge is 2.29. The summed E-state index contributed by atoms with van der Waals surface area (Å²) in [5, 5.41) is 9.56. The van der Waals surface area contributed by atoms with E-state index in [4.69, 9.17) is 0 Å². The molecule has 0 bridgehead atoms. The van der Waals surface area contributed by atoms with E-state index in [9.17, 15) is 9.90 Å². The number of aliphatic hydroxyl groups excluding tert-OH is 1. The standard InChI is InChI=1S/C31H37NO2/c1-31(2,23-33)28-15-13-24(14-16-28)29(34)19-22-32-20-17-27(18-21-32)30(25-9-5-3-6-10-25)26-11-7-4-8-12-26/h3-16,27,30,33H,17-23H2,1-2H3. The number of aliphatic hydroxyl groups is 1. The molecule has 1 N–H and O–H groups in total. The van der Waals surface area contributed by atoms with Gasteiger partial charge in [0.1, 0.15) is 0 Å². The van der Waals surface area contributed by atoms with Gasteiger partial charge in [-0.2, -0.15) is 0 Å². The number of Topliss-reactive ketones (excluding diaryl/α,β-unsaturated/α-hetero) is 1. The largest absolute Gasteiger partial charge is 0.395 e. The molecule has 3 aromatic carbocycles. The second-order valence-corrected chi connectivity index (χ2v) is 10.3. The second kappa shape index (κ2) is 11.1. The molecule has 1 aliphatic rings. The van der Waals surface area contributed by atoms with Gasteiger partial charge >= 0.3 is 0 Å². The fraction of sp³-hybridized carbons (Fsp3) is 0.387. The van der Waals surface area contributed by atoms with Gasteiger partial charge in [-0.15, -0.1) is 0 Å². The molecular formula is C31H37NO2. The highest BCUT2D eigenvalue weighted by Crippen LogP contribution is 2.38. The Labute approximate surface area is 204 Å². The monoisotopic (exact) mass is 455 g/mol. The molecule has 1 aliphatic heterocycles. The van der Waals surface area contributed by atoms with Crippen LogP contribution in [0.5, 0.6) is 0 Å². The van der Waals surface area contributed by atoms with Gasteiger partial charge in [-0.3, -0.25) is 4.79 Å². The number of benzene rings is 3. The Bertz CT molecular complexity index is 996. The lowest BCUT2D eigenvalue weighted by molar-refractivity contribution is 0.0949. The predicted molar refractivity (Wildman–Crippen MR) is 139 cm³/mol. The molecule has 1 fully saturated rings. The van der Waals surface area contributed by atoms with Crippen molar-refractivity contribution in [3.8, 4) is 0 Å². The van der Waals surface area contributed by atoms with E-state index in [1.165, 1.54) is 11.1 Å². The Hall–Kier alpha value is -2.75. The molecule has 3 aromatic rings. The fourth-order valence-electron chi connectivity index (χ4n) is 5.17. The molecule has 4 rings (SSSR count). The van der Waals surface area contributed by atoms with E-state index < -0.39 is 0 Å². The lowest BCUT2D eigenvalue weighted by atomic mass is 9.76. The molecule has 1 heterocycles. The van der Waals surface area contributed by atoms with Crippen LogP contribution in [-0.4, -0.2) is 42.0 Å². The summed E-state index contributed by atoms with van der Waals surface area (Å²) in [6.45, 7) is 7.00. The molecule has 3 nitrogen and oxygen atoms in total. The van der Waals surface area contributed by atoms with Crippen LogP contribution in [0.1, 0.15) is 66.1 Å². The van der Waals surface area contributed by atoms with Crippen molar-refractivity contribution in [2.45, 2.75) is 44.4 Å². The van der Waals surface area contributed by atoms with Gasteiger partial charge in [-0.1, -0.05) is 98.8 Å². The molecule has 34 heavy (non-hydrogen) atoms. The minimum absolute atomic E-state index is 0.0889. The predicted octanol–water partition coefficient (Wildman–Crippen LogP) is 6.07. The van der Waals surface area contributed by atoms with Crippen LogP contribution in [0.2, 0.25) is 0 Å². The zero-order valence-electron chi connectivity index (χ0n) is 20.5. The number of likely N-dealkylation sites (tertiary alicyclic amines) is 1. The summed E-state index contributed by atoms with van der Waals surface area (Å²) in [5.74, 6) is 1.23. The summed E-state index contributed by atoms with van der Waals surface area (Å²) in [6, 6.07) is 29.6. The van der Waals surface area contributed by atoms with Gasteiger partial charge in [0, 0.05) is 29.9 Å². The minimum Gasteiger partial charge on any atom is -0.395 e. The van der Waals surface area contributed by atoms with Crippen molar-refractivity contribution in [2.24, 2.45) is 5.92 Å². The summed E-state index contributed by atoms with van der Waals surface area (Å²) in [7, 11) is 0. The van der Waals surface area contributed by atoms with Crippen LogP contribution in [-0.2, 0) is 5.41 Å². The summed E-state index contributed by atoms with van der Waals surface area (Å²) in [4.78, 5) is 15.2. The molecule has 3 heteroatoms. The average molecular weight is 456 g/mol. The van der Waals surface area contributed by atoms with Crippen molar-refractivity contribution < 1.29 is 9.90 Å². The maximum absolute atomic E-state index is 12.8. The Kier molecular flexibility index (Phi) is 7.97. The third-order valence-electron chi connectivity index (χ3n) is 7.46. The highest BCUT2D eigenvalue weighted by molar-refractivity contribution is 5.96. The van der Waals surface area contributed by atoms with Crippen LogP contribution < -0.4 is 0 Å². The van der Waals surface area contributed by atoms with Gasteiger partial charge in [0.15, 0.2) is 5.78 Å². The van der Waals surface area contributed by atoms with Gasteiger partial charge in [0.2, 0.25) is 0 Å². The molecule has 0 aliphatic carbocycles. The number of piperidine rings is 1.